The maximum atomic E-state index is 8.36. The van der Waals surface area contributed by atoms with Crippen LogP contribution in [0.3, 0.4) is 0 Å². The molecule has 0 fully saturated rings. The molecule has 2 heterocycles. The summed E-state index contributed by atoms with van der Waals surface area (Å²) in [7, 11) is 0. The summed E-state index contributed by atoms with van der Waals surface area (Å²) in [6.45, 7) is 1.06. The highest BCUT2D eigenvalue weighted by Gasteiger charge is 2.18. The van der Waals surface area contributed by atoms with Gasteiger partial charge in [0, 0.05) is 28.0 Å². The van der Waals surface area contributed by atoms with Crippen LogP contribution in [0.4, 0.5) is 0 Å². The minimum Gasteiger partial charge on any atom is -0.412 e. The minimum absolute atomic E-state index is 0. The van der Waals surface area contributed by atoms with Gasteiger partial charge in [0.15, 0.2) is 0 Å². The number of hydrogen-bond acceptors (Lipinski definition) is 5. The van der Waals surface area contributed by atoms with E-state index in [-0.39, 0.29) is 11.6 Å². The molecular weight excluding hydrogens is 501 g/mol. The average Bonchev–Trinajstić information content (AvgIpc) is 3.35. The van der Waals surface area contributed by atoms with Crippen LogP contribution in [0, 0.1) is 10.1 Å². The van der Waals surface area contributed by atoms with Gasteiger partial charge in [0.05, 0.1) is 29.2 Å². The summed E-state index contributed by atoms with van der Waals surface area (Å²) in [5.41, 5.74) is 2.01. The fourth-order valence-corrected chi connectivity index (χ4v) is 4.77. The molecule has 0 aliphatic heterocycles. The number of thiophene rings is 1. The molecule has 0 radical (unpaired) electrons. The van der Waals surface area contributed by atoms with E-state index in [1.54, 1.807) is 29.9 Å². The van der Waals surface area contributed by atoms with Crippen molar-refractivity contribution in [2.75, 3.05) is 0 Å². The molecule has 4 rings (SSSR count). The van der Waals surface area contributed by atoms with Gasteiger partial charge in [-0.3, -0.25) is 0 Å². The Kier molecular flexibility index (Phi) is 9.70. The highest BCUT2D eigenvalue weighted by atomic mass is 35.5. The van der Waals surface area contributed by atoms with Gasteiger partial charge in [0.25, 0.3) is 5.09 Å². The van der Waals surface area contributed by atoms with E-state index in [1.165, 1.54) is 0 Å². The van der Waals surface area contributed by atoms with Crippen LogP contribution in [-0.2, 0) is 17.9 Å². The van der Waals surface area contributed by atoms with Crippen molar-refractivity contribution < 1.29 is 20.5 Å². The molecule has 4 aromatic rings. The molecule has 0 amide bonds. The van der Waals surface area contributed by atoms with Crippen molar-refractivity contribution in [2.24, 2.45) is 0 Å². The summed E-state index contributed by atoms with van der Waals surface area (Å²) in [4.78, 5) is 12.5. The van der Waals surface area contributed by atoms with Gasteiger partial charge in [-0.1, -0.05) is 53.0 Å². The molecule has 0 aliphatic carbocycles. The largest absolute Gasteiger partial charge is 0.412 e. The van der Waals surface area contributed by atoms with Crippen molar-refractivity contribution in [3.8, 4) is 0 Å². The van der Waals surface area contributed by atoms with E-state index in [0.29, 0.717) is 23.2 Å². The monoisotopic (exact) mass is 517 g/mol. The first kappa shape index (κ1) is 25.9. The standard InChI is InChI=1S/C20H15Cl3N2OS.HNO3.H2O/c21-14-4-5-16(18(23)8-14)19(9-25-7-6-24-12-25)26-10-13-11-27-20-15(13)2-1-3-17(20)22;2-1(3)4;/h1-8,11-12,19H,9-10H2;(H,2,3,4);1H2/t19-;;/m1../s1. The lowest BCUT2D eigenvalue weighted by atomic mass is 10.1. The Balaban J connectivity index is 0.000000672. The molecule has 0 spiro atoms. The third-order valence-corrected chi connectivity index (χ3v) is 6.38. The minimum atomic E-state index is -1.50. The van der Waals surface area contributed by atoms with Gasteiger partial charge in [-0.15, -0.1) is 21.5 Å². The molecule has 3 N–H and O–H groups in total. The molecule has 2 aromatic heterocycles. The highest BCUT2D eigenvalue weighted by Crippen LogP contribution is 2.35. The van der Waals surface area contributed by atoms with Gasteiger partial charge in [-0.05, 0) is 34.5 Å². The van der Waals surface area contributed by atoms with Crippen LogP contribution in [0.15, 0.2) is 60.5 Å². The second-order valence-electron chi connectivity index (χ2n) is 6.34. The van der Waals surface area contributed by atoms with Gasteiger partial charge >= 0.3 is 0 Å². The summed E-state index contributed by atoms with van der Waals surface area (Å²) in [6.07, 6.45) is 5.17. The van der Waals surface area contributed by atoms with Crippen molar-refractivity contribution in [1.29, 1.82) is 0 Å². The molecule has 1 atom stereocenters. The maximum absolute atomic E-state index is 8.36. The van der Waals surface area contributed by atoms with E-state index in [1.807, 2.05) is 35.0 Å². The molecule has 170 valence electrons. The normalized spacial score (nSPS) is 11.3. The third-order valence-electron chi connectivity index (χ3n) is 4.32. The van der Waals surface area contributed by atoms with E-state index >= 15 is 0 Å². The maximum Gasteiger partial charge on any atom is 0.291 e. The zero-order chi connectivity index (χ0) is 22.4. The lowest BCUT2D eigenvalue weighted by molar-refractivity contribution is -0.742. The molecule has 0 aliphatic rings. The van der Waals surface area contributed by atoms with Gasteiger partial charge < -0.3 is 20.0 Å². The van der Waals surface area contributed by atoms with Gasteiger partial charge in [-0.2, -0.15) is 0 Å². The zero-order valence-corrected chi connectivity index (χ0v) is 19.4. The lowest BCUT2D eigenvalue weighted by Gasteiger charge is -2.20. The Morgan fingerprint density at radius 2 is 1.97 bits per heavy atom. The van der Waals surface area contributed by atoms with Gasteiger partial charge in [0.2, 0.25) is 0 Å². The number of hydrogen-bond donors (Lipinski definition) is 1. The van der Waals surface area contributed by atoms with E-state index < -0.39 is 5.09 Å². The van der Waals surface area contributed by atoms with Crippen LogP contribution in [0.5, 0.6) is 0 Å². The van der Waals surface area contributed by atoms with Gasteiger partial charge in [-0.25, -0.2) is 4.98 Å². The summed E-state index contributed by atoms with van der Waals surface area (Å²) >= 11 is 20.4. The van der Waals surface area contributed by atoms with Crippen LogP contribution in [0.2, 0.25) is 15.1 Å². The number of halogens is 3. The van der Waals surface area contributed by atoms with Crippen LogP contribution in [-0.4, -0.2) is 25.3 Å². The van der Waals surface area contributed by atoms with Crippen LogP contribution >= 0.6 is 46.1 Å². The Bertz CT molecular complexity index is 1170. The molecular formula is C20H18Cl3N3O5S. The number of nitrogens with zero attached hydrogens (tertiary/aromatic N) is 3. The molecule has 32 heavy (non-hydrogen) atoms. The summed E-state index contributed by atoms with van der Waals surface area (Å²) < 4.78 is 9.35. The predicted molar refractivity (Wildman–Crippen MR) is 125 cm³/mol. The van der Waals surface area contributed by atoms with Gasteiger partial charge in [0.1, 0.15) is 6.10 Å². The molecule has 0 bridgehead atoms. The first-order chi connectivity index (χ1) is 14.8. The first-order valence-electron chi connectivity index (χ1n) is 8.85. The van der Waals surface area contributed by atoms with E-state index in [0.717, 1.165) is 26.2 Å². The summed E-state index contributed by atoms with van der Waals surface area (Å²) in [5.74, 6) is 0. The molecule has 0 saturated carbocycles. The quantitative estimate of drug-likeness (QED) is 0.254. The number of fused-ring (bicyclic) bond motifs is 1. The Labute approximate surface area is 202 Å². The summed E-state index contributed by atoms with van der Waals surface area (Å²) in [5, 5.41) is 18.8. The average molecular weight is 519 g/mol. The molecule has 12 heteroatoms. The van der Waals surface area contributed by atoms with Crippen molar-refractivity contribution in [3.05, 3.63) is 96.8 Å². The van der Waals surface area contributed by atoms with Crippen molar-refractivity contribution in [1.82, 2.24) is 9.55 Å². The number of benzene rings is 2. The smallest absolute Gasteiger partial charge is 0.291 e. The summed E-state index contributed by atoms with van der Waals surface area (Å²) in [6, 6.07) is 11.4. The number of rotatable bonds is 6. The number of imidazole rings is 1. The zero-order valence-electron chi connectivity index (χ0n) is 16.3. The lowest BCUT2D eigenvalue weighted by Crippen LogP contribution is -2.12. The van der Waals surface area contributed by atoms with E-state index in [9.17, 15) is 0 Å². The van der Waals surface area contributed by atoms with Crippen LogP contribution in [0.1, 0.15) is 17.2 Å². The second kappa shape index (κ2) is 12.0. The van der Waals surface area contributed by atoms with Crippen molar-refractivity contribution in [3.63, 3.8) is 0 Å². The first-order valence-corrected chi connectivity index (χ1v) is 10.9. The second-order valence-corrected chi connectivity index (χ2v) is 8.47. The van der Waals surface area contributed by atoms with Crippen LogP contribution < -0.4 is 0 Å². The number of ether oxygens (including phenoxy) is 1. The van der Waals surface area contributed by atoms with Crippen molar-refractivity contribution >= 4 is 56.2 Å². The predicted octanol–water partition coefficient (Wildman–Crippen LogP) is 5.84. The number of aromatic nitrogens is 2. The SMILES string of the molecule is Clc1ccc([C@@H](Cn2ccnc2)OCc2csc3c(Cl)cccc23)c(Cl)c1.O.O=[N+]([O-])O. The van der Waals surface area contributed by atoms with E-state index in [2.05, 4.69) is 16.4 Å². The Morgan fingerprint density at radius 3 is 2.62 bits per heavy atom. The Hall–Kier alpha value is -2.40. The highest BCUT2D eigenvalue weighted by molar-refractivity contribution is 7.18. The molecule has 2 aromatic carbocycles. The van der Waals surface area contributed by atoms with E-state index in [4.69, 9.17) is 54.9 Å². The molecule has 0 unspecified atom stereocenters. The Morgan fingerprint density at radius 1 is 1.22 bits per heavy atom. The molecule has 0 saturated heterocycles. The fraction of sp³-hybridized carbons (Fsp3) is 0.150. The topological polar surface area (TPSA) is 122 Å². The van der Waals surface area contributed by atoms with Crippen molar-refractivity contribution in [2.45, 2.75) is 19.3 Å². The third kappa shape index (κ3) is 6.80. The molecule has 8 nitrogen and oxygen atoms in total. The van der Waals surface area contributed by atoms with Crippen LogP contribution in [0.25, 0.3) is 10.1 Å². The fourth-order valence-electron chi connectivity index (χ4n) is 2.97.